The molecule has 0 saturated heterocycles. The van der Waals surface area contributed by atoms with Crippen LogP contribution in [-0.4, -0.2) is 19.7 Å². The average molecular weight is 293 g/mol. The van der Waals surface area contributed by atoms with Crippen LogP contribution in [-0.2, 0) is 7.05 Å². The third-order valence-electron chi connectivity index (χ3n) is 3.64. The zero-order chi connectivity index (χ0) is 14.4. The summed E-state index contributed by atoms with van der Waals surface area (Å²) in [5.41, 5.74) is 2.57. The lowest BCUT2D eigenvalue weighted by Crippen LogP contribution is -2.01. The molecule has 0 unspecified atom stereocenters. The molecule has 1 fully saturated rings. The highest BCUT2D eigenvalue weighted by Gasteiger charge is 2.28. The summed E-state index contributed by atoms with van der Waals surface area (Å²) in [6.07, 6.45) is 2.26. The Bertz CT molecular complexity index is 676. The molecule has 106 valence electrons. The number of aryl methyl sites for hydroxylation is 2. The predicted molar refractivity (Wildman–Crippen MR) is 76.5 cm³/mol. The topological polar surface area (TPSA) is 52.8 Å². The van der Waals surface area contributed by atoms with Crippen molar-refractivity contribution in [2.45, 2.75) is 39.5 Å². The van der Waals surface area contributed by atoms with Crippen LogP contribution in [0.2, 0.25) is 5.15 Å². The van der Waals surface area contributed by atoms with E-state index >= 15 is 0 Å². The fourth-order valence-electron chi connectivity index (χ4n) is 2.11. The lowest BCUT2D eigenvalue weighted by Gasteiger charge is -2.10. The van der Waals surface area contributed by atoms with E-state index in [0.717, 1.165) is 41.4 Å². The van der Waals surface area contributed by atoms with E-state index in [1.54, 1.807) is 4.68 Å². The summed E-state index contributed by atoms with van der Waals surface area (Å²) >= 11 is 6.19. The molecular weight excluding hydrogens is 276 g/mol. The average Bonchev–Trinajstić information content (AvgIpc) is 3.20. The molecule has 0 bridgehead atoms. The quantitative estimate of drug-likeness (QED) is 0.813. The van der Waals surface area contributed by atoms with Crippen LogP contribution in [0, 0.1) is 20.8 Å². The summed E-state index contributed by atoms with van der Waals surface area (Å²) in [4.78, 5) is 8.87. The first-order valence-corrected chi connectivity index (χ1v) is 7.07. The van der Waals surface area contributed by atoms with Gasteiger partial charge in [-0.2, -0.15) is 10.1 Å². The molecule has 2 aromatic heterocycles. The molecule has 0 amide bonds. The van der Waals surface area contributed by atoms with Crippen molar-refractivity contribution in [3.63, 3.8) is 0 Å². The fraction of sp³-hybridized carbons (Fsp3) is 0.500. The second-order valence-electron chi connectivity index (χ2n) is 5.30. The Kier molecular flexibility index (Phi) is 3.17. The third-order valence-corrected chi connectivity index (χ3v) is 4.01. The van der Waals surface area contributed by atoms with Crippen molar-refractivity contribution in [3.05, 3.63) is 27.9 Å². The van der Waals surface area contributed by atoms with Gasteiger partial charge in [0.1, 0.15) is 16.7 Å². The van der Waals surface area contributed by atoms with Crippen LogP contribution in [0.15, 0.2) is 0 Å². The van der Waals surface area contributed by atoms with Crippen LogP contribution in [0.4, 0.5) is 0 Å². The monoisotopic (exact) mass is 292 g/mol. The number of hydrogen-bond donors (Lipinski definition) is 0. The lowest BCUT2D eigenvalue weighted by molar-refractivity contribution is 0.447. The molecule has 0 N–H and O–H groups in total. The van der Waals surface area contributed by atoms with Crippen LogP contribution >= 0.6 is 11.6 Å². The largest absolute Gasteiger partial charge is 0.435 e. The van der Waals surface area contributed by atoms with Gasteiger partial charge in [0.05, 0.1) is 5.69 Å². The van der Waals surface area contributed by atoms with E-state index < -0.39 is 0 Å². The number of hydrogen-bond acceptors (Lipinski definition) is 4. The van der Waals surface area contributed by atoms with Gasteiger partial charge in [0.2, 0.25) is 5.88 Å². The Labute approximate surface area is 123 Å². The summed E-state index contributed by atoms with van der Waals surface area (Å²) < 4.78 is 7.77. The summed E-state index contributed by atoms with van der Waals surface area (Å²) in [6.45, 7) is 5.76. The van der Waals surface area contributed by atoms with E-state index in [0.29, 0.717) is 17.0 Å². The van der Waals surface area contributed by atoms with Crippen molar-refractivity contribution < 1.29 is 4.74 Å². The van der Waals surface area contributed by atoms with E-state index in [9.17, 15) is 0 Å². The Morgan fingerprint density at radius 3 is 2.45 bits per heavy atom. The van der Waals surface area contributed by atoms with Crippen molar-refractivity contribution >= 4 is 11.6 Å². The maximum absolute atomic E-state index is 6.19. The van der Waals surface area contributed by atoms with Crippen molar-refractivity contribution in [1.29, 1.82) is 0 Å². The summed E-state index contributed by atoms with van der Waals surface area (Å²) in [5.74, 6) is 2.50. The second kappa shape index (κ2) is 4.74. The highest BCUT2D eigenvalue weighted by atomic mass is 35.5. The number of aromatic nitrogens is 4. The number of ether oxygens (including phenoxy) is 1. The lowest BCUT2D eigenvalue weighted by atomic mass is 10.3. The zero-order valence-electron chi connectivity index (χ0n) is 12.1. The molecule has 2 aromatic rings. The minimum absolute atomic E-state index is 0.437. The van der Waals surface area contributed by atoms with Gasteiger partial charge >= 0.3 is 0 Å². The van der Waals surface area contributed by atoms with Crippen LogP contribution in [0.25, 0.3) is 0 Å². The molecule has 6 heteroatoms. The first kappa shape index (κ1) is 13.4. The van der Waals surface area contributed by atoms with E-state index in [1.807, 2.05) is 27.8 Å². The normalized spacial score (nSPS) is 14.7. The van der Waals surface area contributed by atoms with Crippen molar-refractivity contribution in [2.24, 2.45) is 7.05 Å². The van der Waals surface area contributed by atoms with Gasteiger partial charge < -0.3 is 4.74 Å². The molecule has 0 radical (unpaired) electrons. The van der Waals surface area contributed by atoms with Gasteiger partial charge in [-0.1, -0.05) is 11.6 Å². The first-order valence-electron chi connectivity index (χ1n) is 6.69. The Balaban J connectivity index is 2.01. The molecule has 5 nitrogen and oxygen atoms in total. The van der Waals surface area contributed by atoms with Gasteiger partial charge in [-0.25, -0.2) is 4.98 Å². The van der Waals surface area contributed by atoms with Gasteiger partial charge in [-0.3, -0.25) is 4.68 Å². The standard InChI is InChI=1S/C14H17ClN4O/c1-7-12(15)16-13(10-5-6-10)17-14(7)20-11-8(2)18-19(4)9(11)3/h10H,5-6H2,1-4H3. The molecule has 1 aliphatic rings. The number of nitrogens with zero attached hydrogens (tertiary/aromatic N) is 4. The maximum Gasteiger partial charge on any atom is 0.227 e. The Hall–Kier alpha value is -1.62. The van der Waals surface area contributed by atoms with Crippen LogP contribution < -0.4 is 4.74 Å². The van der Waals surface area contributed by atoms with Gasteiger partial charge in [0.15, 0.2) is 5.75 Å². The van der Waals surface area contributed by atoms with E-state index in [4.69, 9.17) is 16.3 Å². The van der Waals surface area contributed by atoms with Crippen LogP contribution in [0.3, 0.4) is 0 Å². The molecule has 0 aromatic carbocycles. The van der Waals surface area contributed by atoms with Crippen LogP contribution in [0.1, 0.15) is 41.5 Å². The minimum Gasteiger partial charge on any atom is -0.435 e. The van der Waals surface area contributed by atoms with Gasteiger partial charge in [-0.05, 0) is 33.6 Å². The van der Waals surface area contributed by atoms with Gasteiger partial charge in [0.25, 0.3) is 0 Å². The molecule has 0 spiro atoms. The zero-order valence-corrected chi connectivity index (χ0v) is 12.8. The van der Waals surface area contributed by atoms with Gasteiger partial charge in [0, 0.05) is 18.5 Å². The maximum atomic E-state index is 6.19. The molecular formula is C14H17ClN4O. The van der Waals surface area contributed by atoms with Gasteiger partial charge in [-0.15, -0.1) is 0 Å². The SMILES string of the molecule is Cc1nn(C)c(C)c1Oc1nc(C2CC2)nc(Cl)c1C. The van der Waals surface area contributed by atoms with Crippen molar-refractivity contribution in [2.75, 3.05) is 0 Å². The second-order valence-corrected chi connectivity index (χ2v) is 5.66. The fourth-order valence-corrected chi connectivity index (χ4v) is 2.28. The molecule has 0 atom stereocenters. The van der Waals surface area contributed by atoms with Crippen LogP contribution in [0.5, 0.6) is 11.6 Å². The molecule has 2 heterocycles. The molecule has 3 rings (SSSR count). The molecule has 1 saturated carbocycles. The Morgan fingerprint density at radius 2 is 1.90 bits per heavy atom. The highest BCUT2D eigenvalue weighted by Crippen LogP contribution is 2.40. The minimum atomic E-state index is 0.437. The first-order chi connectivity index (χ1) is 9.47. The van der Waals surface area contributed by atoms with E-state index in [-0.39, 0.29) is 0 Å². The summed E-state index contributed by atoms with van der Waals surface area (Å²) in [6, 6.07) is 0. The molecule has 0 aliphatic heterocycles. The molecule has 1 aliphatic carbocycles. The van der Waals surface area contributed by atoms with E-state index in [2.05, 4.69) is 15.1 Å². The number of halogens is 1. The third kappa shape index (κ3) is 2.26. The number of rotatable bonds is 3. The highest BCUT2D eigenvalue weighted by molar-refractivity contribution is 6.30. The Morgan fingerprint density at radius 1 is 1.20 bits per heavy atom. The smallest absolute Gasteiger partial charge is 0.227 e. The van der Waals surface area contributed by atoms with Crippen molar-refractivity contribution in [3.8, 4) is 11.6 Å². The van der Waals surface area contributed by atoms with E-state index in [1.165, 1.54) is 0 Å². The summed E-state index contributed by atoms with van der Waals surface area (Å²) in [5, 5.41) is 4.81. The molecule has 20 heavy (non-hydrogen) atoms. The summed E-state index contributed by atoms with van der Waals surface area (Å²) in [7, 11) is 1.89. The van der Waals surface area contributed by atoms with Crippen molar-refractivity contribution in [1.82, 2.24) is 19.7 Å². The predicted octanol–water partition coefficient (Wildman–Crippen LogP) is 3.46.